The number of nitrogens with zero attached hydrogens (tertiary/aromatic N) is 3. The Bertz CT molecular complexity index is 759. The van der Waals surface area contributed by atoms with Crippen LogP contribution in [0.2, 0.25) is 0 Å². The highest BCUT2D eigenvalue weighted by molar-refractivity contribution is 5.77. The van der Waals surface area contributed by atoms with Crippen molar-refractivity contribution in [2.75, 3.05) is 6.54 Å². The molecule has 2 aromatic heterocycles. The highest BCUT2D eigenvalue weighted by atomic mass is 16.2. The Balaban J connectivity index is 1.66. The quantitative estimate of drug-likeness (QED) is 0.941. The molecule has 22 heavy (non-hydrogen) atoms. The molecule has 1 N–H and O–H groups in total. The lowest BCUT2D eigenvalue weighted by Crippen LogP contribution is -2.39. The SMILES string of the molecule is O=C(CC1CC1)N1CCCC[C@@H]1c1cc(=O)n2ccnc2[nH]1. The van der Waals surface area contributed by atoms with Crippen LogP contribution in [0.25, 0.3) is 5.78 Å². The Kier molecular flexibility index (Phi) is 3.24. The Labute approximate surface area is 128 Å². The summed E-state index contributed by atoms with van der Waals surface area (Å²) in [7, 11) is 0. The topological polar surface area (TPSA) is 70.5 Å². The first-order valence-corrected chi connectivity index (χ1v) is 8.08. The largest absolute Gasteiger partial charge is 0.334 e. The van der Waals surface area contributed by atoms with E-state index in [2.05, 4.69) is 9.97 Å². The van der Waals surface area contributed by atoms with Gasteiger partial charge in [0.15, 0.2) is 0 Å². The number of carbonyl (C=O) groups is 1. The minimum atomic E-state index is -0.0959. The molecule has 1 amide bonds. The molecule has 1 atom stereocenters. The summed E-state index contributed by atoms with van der Waals surface area (Å²) in [6, 6.07) is 1.59. The molecule has 0 bridgehead atoms. The summed E-state index contributed by atoms with van der Waals surface area (Å²) in [6.45, 7) is 0.790. The number of amides is 1. The first-order chi connectivity index (χ1) is 10.7. The molecular formula is C16H20N4O2. The van der Waals surface area contributed by atoms with Crippen molar-refractivity contribution in [1.29, 1.82) is 0 Å². The lowest BCUT2D eigenvalue weighted by molar-refractivity contribution is -0.135. The van der Waals surface area contributed by atoms with Crippen molar-refractivity contribution >= 4 is 11.7 Å². The average molecular weight is 300 g/mol. The van der Waals surface area contributed by atoms with Gasteiger partial charge in [0.05, 0.1) is 6.04 Å². The van der Waals surface area contributed by atoms with E-state index < -0.39 is 0 Å². The highest BCUT2D eigenvalue weighted by Gasteiger charge is 2.32. The zero-order valence-electron chi connectivity index (χ0n) is 12.5. The van der Waals surface area contributed by atoms with Crippen LogP contribution in [-0.2, 0) is 4.79 Å². The molecule has 1 aliphatic carbocycles. The van der Waals surface area contributed by atoms with Crippen LogP contribution in [0.4, 0.5) is 0 Å². The fraction of sp³-hybridized carbons (Fsp3) is 0.562. The Morgan fingerprint density at radius 1 is 1.32 bits per heavy atom. The number of H-pyrrole nitrogens is 1. The van der Waals surface area contributed by atoms with Crippen molar-refractivity contribution in [1.82, 2.24) is 19.3 Å². The molecule has 1 saturated carbocycles. The van der Waals surface area contributed by atoms with Gasteiger partial charge in [-0.15, -0.1) is 0 Å². The Morgan fingerprint density at radius 3 is 3.00 bits per heavy atom. The Morgan fingerprint density at radius 2 is 2.18 bits per heavy atom. The average Bonchev–Trinajstić information content (AvgIpc) is 3.20. The molecule has 3 heterocycles. The predicted molar refractivity (Wildman–Crippen MR) is 81.5 cm³/mol. The lowest BCUT2D eigenvalue weighted by atomic mass is 9.98. The van der Waals surface area contributed by atoms with Crippen molar-refractivity contribution < 1.29 is 4.79 Å². The molecule has 0 unspecified atom stereocenters. The smallest absolute Gasteiger partial charge is 0.259 e. The van der Waals surface area contributed by atoms with Crippen LogP contribution in [0, 0.1) is 5.92 Å². The number of hydrogen-bond donors (Lipinski definition) is 1. The number of likely N-dealkylation sites (tertiary alicyclic amines) is 1. The zero-order valence-corrected chi connectivity index (χ0v) is 12.5. The number of aromatic nitrogens is 3. The Hall–Kier alpha value is -2.11. The summed E-state index contributed by atoms with van der Waals surface area (Å²) in [5.74, 6) is 1.36. The van der Waals surface area contributed by atoms with Gasteiger partial charge in [-0.1, -0.05) is 0 Å². The van der Waals surface area contributed by atoms with Crippen LogP contribution in [0.3, 0.4) is 0 Å². The number of piperidine rings is 1. The molecular weight excluding hydrogens is 280 g/mol. The molecule has 2 fully saturated rings. The minimum absolute atomic E-state index is 0.0191. The normalized spacial score (nSPS) is 22.2. The number of aromatic amines is 1. The van der Waals surface area contributed by atoms with E-state index in [0.29, 0.717) is 18.1 Å². The summed E-state index contributed by atoms with van der Waals surface area (Å²) >= 11 is 0. The van der Waals surface area contributed by atoms with E-state index in [1.165, 1.54) is 17.2 Å². The summed E-state index contributed by atoms with van der Waals surface area (Å²) in [5.41, 5.74) is 0.717. The summed E-state index contributed by atoms with van der Waals surface area (Å²) in [6.07, 6.45) is 9.31. The zero-order chi connectivity index (χ0) is 15.1. The van der Waals surface area contributed by atoms with Crippen molar-refractivity contribution in [2.24, 2.45) is 5.92 Å². The predicted octanol–water partition coefficient (Wildman–Crippen LogP) is 1.88. The second-order valence-electron chi connectivity index (χ2n) is 6.43. The fourth-order valence-electron chi connectivity index (χ4n) is 3.36. The first kappa shape index (κ1) is 13.5. The van der Waals surface area contributed by atoms with Crippen molar-refractivity contribution in [3.05, 3.63) is 34.5 Å². The van der Waals surface area contributed by atoms with E-state index in [1.54, 1.807) is 18.5 Å². The van der Waals surface area contributed by atoms with Gasteiger partial charge in [-0.2, -0.15) is 0 Å². The van der Waals surface area contributed by atoms with Crippen LogP contribution in [0.15, 0.2) is 23.3 Å². The number of nitrogens with one attached hydrogen (secondary N) is 1. The molecule has 0 radical (unpaired) electrons. The van der Waals surface area contributed by atoms with Crippen molar-refractivity contribution in [3.63, 3.8) is 0 Å². The third-order valence-electron chi connectivity index (χ3n) is 4.76. The summed E-state index contributed by atoms with van der Waals surface area (Å²) in [5, 5.41) is 0. The summed E-state index contributed by atoms with van der Waals surface area (Å²) < 4.78 is 1.49. The minimum Gasteiger partial charge on any atom is -0.334 e. The maximum Gasteiger partial charge on any atom is 0.259 e. The number of hydrogen-bond acceptors (Lipinski definition) is 3. The molecule has 0 spiro atoms. The first-order valence-electron chi connectivity index (χ1n) is 8.08. The van der Waals surface area contributed by atoms with E-state index in [4.69, 9.17) is 0 Å². The molecule has 4 rings (SSSR count). The van der Waals surface area contributed by atoms with Crippen LogP contribution >= 0.6 is 0 Å². The van der Waals surface area contributed by atoms with E-state index >= 15 is 0 Å². The number of fused-ring (bicyclic) bond motifs is 1. The molecule has 1 aliphatic heterocycles. The van der Waals surface area contributed by atoms with Crippen LogP contribution in [0.1, 0.15) is 50.3 Å². The molecule has 1 saturated heterocycles. The van der Waals surface area contributed by atoms with Gasteiger partial charge in [0.1, 0.15) is 0 Å². The fourth-order valence-corrected chi connectivity index (χ4v) is 3.36. The monoisotopic (exact) mass is 300 g/mol. The third-order valence-corrected chi connectivity index (χ3v) is 4.76. The summed E-state index contributed by atoms with van der Waals surface area (Å²) in [4.78, 5) is 34.1. The van der Waals surface area contributed by atoms with E-state index in [1.807, 2.05) is 4.90 Å². The molecule has 2 aromatic rings. The molecule has 6 heteroatoms. The highest BCUT2D eigenvalue weighted by Crippen LogP contribution is 2.36. The standard InChI is InChI=1S/C16H20N4O2/c21-14(9-11-4-5-11)19-7-2-1-3-13(19)12-10-15(22)20-8-6-17-16(20)18-12/h6,8,10-11,13H,1-5,7,9H2,(H,17,18)/t13-/m1/s1. The van der Waals surface area contributed by atoms with Gasteiger partial charge in [-0.25, -0.2) is 4.98 Å². The molecule has 116 valence electrons. The van der Waals surface area contributed by atoms with Gasteiger partial charge in [0, 0.05) is 37.1 Å². The van der Waals surface area contributed by atoms with Gasteiger partial charge < -0.3 is 9.88 Å². The van der Waals surface area contributed by atoms with Crippen LogP contribution in [-0.4, -0.2) is 31.7 Å². The maximum atomic E-state index is 12.5. The number of imidazole rings is 1. The molecule has 0 aromatic carbocycles. The second kappa shape index (κ2) is 5.26. The maximum absolute atomic E-state index is 12.5. The van der Waals surface area contributed by atoms with E-state index in [-0.39, 0.29) is 17.5 Å². The van der Waals surface area contributed by atoms with Gasteiger partial charge in [0.2, 0.25) is 11.7 Å². The van der Waals surface area contributed by atoms with Crippen molar-refractivity contribution in [2.45, 2.75) is 44.6 Å². The van der Waals surface area contributed by atoms with Gasteiger partial charge >= 0.3 is 0 Å². The van der Waals surface area contributed by atoms with E-state index in [0.717, 1.165) is 31.5 Å². The molecule has 2 aliphatic rings. The lowest BCUT2D eigenvalue weighted by Gasteiger charge is -2.36. The second-order valence-corrected chi connectivity index (χ2v) is 6.43. The number of carbonyl (C=O) groups excluding carboxylic acids is 1. The molecule has 6 nitrogen and oxygen atoms in total. The number of rotatable bonds is 3. The van der Waals surface area contributed by atoms with Gasteiger partial charge in [-0.05, 0) is 38.0 Å². The van der Waals surface area contributed by atoms with Crippen molar-refractivity contribution in [3.8, 4) is 0 Å². The third kappa shape index (κ3) is 2.42. The van der Waals surface area contributed by atoms with Gasteiger partial charge in [0.25, 0.3) is 5.56 Å². The van der Waals surface area contributed by atoms with Crippen LogP contribution < -0.4 is 5.56 Å². The van der Waals surface area contributed by atoms with E-state index in [9.17, 15) is 9.59 Å². The van der Waals surface area contributed by atoms with Crippen LogP contribution in [0.5, 0.6) is 0 Å². The van der Waals surface area contributed by atoms with Gasteiger partial charge in [-0.3, -0.25) is 14.0 Å².